The average molecular weight is 320 g/mol. The topological polar surface area (TPSA) is 33.0 Å². The summed E-state index contributed by atoms with van der Waals surface area (Å²) in [6, 6.07) is 10.6. The zero-order chi connectivity index (χ0) is 14.0. The molecule has 0 saturated carbocycles. The Morgan fingerprint density at radius 1 is 1.16 bits per heavy atom. The van der Waals surface area contributed by atoms with Crippen LogP contribution in [0.3, 0.4) is 0 Å². The summed E-state index contributed by atoms with van der Waals surface area (Å²) in [6.45, 7) is 3.84. The van der Waals surface area contributed by atoms with Gasteiger partial charge in [-0.3, -0.25) is 0 Å². The van der Waals surface area contributed by atoms with Gasteiger partial charge in [0.2, 0.25) is 0 Å². The molecule has 4 heteroatoms. The maximum atomic E-state index is 14.0. The molecule has 2 aromatic rings. The van der Waals surface area contributed by atoms with Gasteiger partial charge < -0.3 is 4.74 Å². The summed E-state index contributed by atoms with van der Waals surface area (Å²) in [6.07, 6.45) is 0. The minimum Gasteiger partial charge on any atom is -0.454 e. The summed E-state index contributed by atoms with van der Waals surface area (Å²) in [5.74, 6) is 0.134. The van der Waals surface area contributed by atoms with E-state index < -0.39 is 5.82 Å². The highest BCUT2D eigenvalue weighted by molar-refractivity contribution is 9.10. The fourth-order valence-corrected chi connectivity index (χ4v) is 2.05. The summed E-state index contributed by atoms with van der Waals surface area (Å²) in [7, 11) is 0. The van der Waals surface area contributed by atoms with Gasteiger partial charge in [-0.25, -0.2) is 4.39 Å². The first kappa shape index (κ1) is 13.6. The Kier molecular flexibility index (Phi) is 3.87. The van der Waals surface area contributed by atoms with Gasteiger partial charge in [-0.15, -0.1) is 0 Å². The molecule has 0 amide bonds. The molecule has 0 unspecified atom stereocenters. The largest absolute Gasteiger partial charge is 0.454 e. The third-order valence-electron chi connectivity index (χ3n) is 2.73. The maximum Gasteiger partial charge on any atom is 0.181 e. The molecule has 0 aromatic heterocycles. The molecule has 0 fully saturated rings. The van der Waals surface area contributed by atoms with Crippen LogP contribution in [-0.4, -0.2) is 0 Å². The fourth-order valence-electron chi connectivity index (χ4n) is 1.63. The van der Waals surface area contributed by atoms with Crippen molar-refractivity contribution in [2.24, 2.45) is 0 Å². The highest BCUT2D eigenvalue weighted by Gasteiger charge is 2.13. The number of aryl methyl sites for hydroxylation is 2. The Labute approximate surface area is 119 Å². The quantitative estimate of drug-likeness (QED) is 0.791. The van der Waals surface area contributed by atoms with Gasteiger partial charge in [0.1, 0.15) is 11.8 Å². The van der Waals surface area contributed by atoms with Crippen LogP contribution in [0.1, 0.15) is 16.7 Å². The number of halogens is 2. The van der Waals surface area contributed by atoms with Crippen molar-refractivity contribution < 1.29 is 9.13 Å². The van der Waals surface area contributed by atoms with Gasteiger partial charge >= 0.3 is 0 Å². The number of rotatable bonds is 2. The number of nitriles is 1. The lowest BCUT2D eigenvalue weighted by Crippen LogP contribution is -1.93. The number of benzene rings is 2. The average Bonchev–Trinajstić information content (AvgIpc) is 2.39. The highest BCUT2D eigenvalue weighted by atomic mass is 79.9. The van der Waals surface area contributed by atoms with Gasteiger partial charge in [0.25, 0.3) is 0 Å². The Morgan fingerprint density at radius 3 is 2.58 bits per heavy atom. The van der Waals surface area contributed by atoms with E-state index >= 15 is 0 Å². The minimum atomic E-state index is -0.569. The van der Waals surface area contributed by atoms with Crippen LogP contribution in [0.5, 0.6) is 11.5 Å². The van der Waals surface area contributed by atoms with Crippen LogP contribution in [0.15, 0.2) is 34.8 Å². The molecule has 0 N–H and O–H groups in total. The Balaban J connectivity index is 2.42. The van der Waals surface area contributed by atoms with Crippen molar-refractivity contribution in [2.45, 2.75) is 13.8 Å². The molecular weight excluding hydrogens is 309 g/mol. The molecule has 2 rings (SSSR count). The van der Waals surface area contributed by atoms with Crippen LogP contribution in [0.25, 0.3) is 0 Å². The number of hydrogen-bond acceptors (Lipinski definition) is 2. The highest BCUT2D eigenvalue weighted by Crippen LogP contribution is 2.33. The van der Waals surface area contributed by atoms with Crippen LogP contribution in [0.4, 0.5) is 4.39 Å². The number of nitrogens with zero attached hydrogens (tertiary/aromatic N) is 1. The van der Waals surface area contributed by atoms with Crippen molar-refractivity contribution in [3.05, 3.63) is 57.3 Å². The third-order valence-corrected chi connectivity index (χ3v) is 3.51. The molecule has 2 aromatic carbocycles. The van der Waals surface area contributed by atoms with Crippen LogP contribution in [-0.2, 0) is 0 Å². The maximum absolute atomic E-state index is 14.0. The first-order valence-corrected chi connectivity index (χ1v) is 6.45. The Hall–Kier alpha value is -1.86. The van der Waals surface area contributed by atoms with E-state index in [9.17, 15) is 4.39 Å². The molecule has 0 spiro atoms. The monoisotopic (exact) mass is 319 g/mol. The van der Waals surface area contributed by atoms with Crippen LogP contribution in [0.2, 0.25) is 0 Å². The van der Waals surface area contributed by atoms with E-state index in [4.69, 9.17) is 10.00 Å². The van der Waals surface area contributed by atoms with E-state index in [0.29, 0.717) is 5.75 Å². The van der Waals surface area contributed by atoms with E-state index in [-0.39, 0.29) is 15.8 Å². The van der Waals surface area contributed by atoms with Gasteiger partial charge in [-0.1, -0.05) is 12.1 Å². The van der Waals surface area contributed by atoms with E-state index in [0.717, 1.165) is 11.1 Å². The van der Waals surface area contributed by atoms with Crippen LogP contribution >= 0.6 is 15.9 Å². The summed E-state index contributed by atoms with van der Waals surface area (Å²) < 4.78 is 19.8. The molecule has 96 valence electrons. The SMILES string of the molecule is Cc1ccc(C)c(Oc2ccc(C#N)c(Br)c2F)c1. The summed E-state index contributed by atoms with van der Waals surface area (Å²) >= 11 is 3.06. The summed E-state index contributed by atoms with van der Waals surface area (Å²) in [5.41, 5.74) is 2.20. The van der Waals surface area contributed by atoms with E-state index in [2.05, 4.69) is 15.9 Å². The van der Waals surface area contributed by atoms with Crippen LogP contribution < -0.4 is 4.74 Å². The molecule has 0 aliphatic heterocycles. The van der Waals surface area contributed by atoms with Crippen molar-refractivity contribution in [1.29, 1.82) is 5.26 Å². The predicted octanol–water partition coefficient (Wildman–Crippen LogP) is 4.87. The molecule has 0 saturated heterocycles. The molecule has 0 heterocycles. The van der Waals surface area contributed by atoms with Crippen molar-refractivity contribution >= 4 is 15.9 Å². The lowest BCUT2D eigenvalue weighted by atomic mass is 10.1. The molecular formula is C15H11BrFNO. The first-order chi connectivity index (χ1) is 9.02. The van der Waals surface area contributed by atoms with Gasteiger partial charge in [-0.05, 0) is 59.1 Å². The second-order valence-electron chi connectivity index (χ2n) is 4.22. The standard InChI is InChI=1S/C15H11BrFNO/c1-9-3-4-10(2)13(7-9)19-12-6-5-11(8-18)14(16)15(12)17/h3-7H,1-2H3. The zero-order valence-corrected chi connectivity index (χ0v) is 12.1. The van der Waals surface area contributed by atoms with Crippen LogP contribution in [0, 0.1) is 31.0 Å². The van der Waals surface area contributed by atoms with Gasteiger partial charge in [0, 0.05) is 0 Å². The minimum absolute atomic E-state index is 0.0968. The van der Waals surface area contributed by atoms with Gasteiger partial charge in [0.15, 0.2) is 11.6 Å². The third kappa shape index (κ3) is 2.77. The molecule has 0 bridgehead atoms. The number of hydrogen-bond donors (Lipinski definition) is 0. The predicted molar refractivity (Wildman–Crippen MR) is 74.8 cm³/mol. The second kappa shape index (κ2) is 5.41. The molecule has 19 heavy (non-hydrogen) atoms. The van der Waals surface area contributed by atoms with E-state index in [1.807, 2.05) is 38.1 Å². The molecule has 0 aliphatic carbocycles. The van der Waals surface area contributed by atoms with Crippen molar-refractivity contribution in [3.63, 3.8) is 0 Å². The Morgan fingerprint density at radius 2 is 1.89 bits per heavy atom. The van der Waals surface area contributed by atoms with Crippen molar-refractivity contribution in [2.75, 3.05) is 0 Å². The fraction of sp³-hybridized carbons (Fsp3) is 0.133. The lowest BCUT2D eigenvalue weighted by Gasteiger charge is -2.11. The summed E-state index contributed by atoms with van der Waals surface area (Å²) in [4.78, 5) is 0. The van der Waals surface area contributed by atoms with Crippen molar-refractivity contribution in [3.8, 4) is 17.6 Å². The Bertz CT molecular complexity index is 677. The molecule has 2 nitrogen and oxygen atoms in total. The molecule has 0 radical (unpaired) electrons. The lowest BCUT2D eigenvalue weighted by molar-refractivity contribution is 0.437. The smallest absolute Gasteiger partial charge is 0.181 e. The van der Waals surface area contributed by atoms with Gasteiger partial charge in [0.05, 0.1) is 10.0 Å². The van der Waals surface area contributed by atoms with Crippen molar-refractivity contribution in [1.82, 2.24) is 0 Å². The number of ether oxygens (including phenoxy) is 1. The van der Waals surface area contributed by atoms with E-state index in [1.54, 1.807) is 0 Å². The first-order valence-electron chi connectivity index (χ1n) is 5.66. The summed E-state index contributed by atoms with van der Waals surface area (Å²) in [5, 5.41) is 8.82. The van der Waals surface area contributed by atoms with E-state index in [1.165, 1.54) is 12.1 Å². The van der Waals surface area contributed by atoms with Gasteiger partial charge in [-0.2, -0.15) is 5.26 Å². The normalized spacial score (nSPS) is 10.1. The second-order valence-corrected chi connectivity index (χ2v) is 5.02. The molecule has 0 aliphatic rings. The molecule has 0 atom stereocenters. The zero-order valence-electron chi connectivity index (χ0n) is 10.5.